The Hall–Kier alpha value is -2.58. The van der Waals surface area contributed by atoms with Gasteiger partial charge in [0.1, 0.15) is 0 Å². The maximum Gasteiger partial charge on any atom is 0.251 e. The van der Waals surface area contributed by atoms with Crippen LogP contribution in [0.4, 0.5) is 0 Å². The van der Waals surface area contributed by atoms with E-state index in [-0.39, 0.29) is 5.91 Å². The Morgan fingerprint density at radius 2 is 2.33 bits per heavy atom. The Bertz CT molecular complexity index is 679. The molecule has 0 fully saturated rings. The maximum absolute atomic E-state index is 12.1. The Balaban J connectivity index is 1.91. The molecule has 0 unspecified atom stereocenters. The Labute approximate surface area is 124 Å². The standard InChI is InChI=1S/C16H18N4O/c1-13-11-19-20(12-13)9-8-18-16(21)15-6-2-4-14(10-15)5-3-7-17/h2,4,6,10-12H,7-9,17H2,1H3,(H,18,21). The molecule has 0 bridgehead atoms. The van der Waals surface area contributed by atoms with Gasteiger partial charge in [-0.25, -0.2) is 0 Å². The summed E-state index contributed by atoms with van der Waals surface area (Å²) in [6.07, 6.45) is 3.73. The van der Waals surface area contributed by atoms with Crippen molar-refractivity contribution in [2.24, 2.45) is 5.73 Å². The zero-order valence-corrected chi connectivity index (χ0v) is 12.0. The monoisotopic (exact) mass is 282 g/mol. The van der Waals surface area contributed by atoms with E-state index in [1.165, 1.54) is 0 Å². The van der Waals surface area contributed by atoms with Crippen LogP contribution in [0.15, 0.2) is 36.7 Å². The molecule has 1 aromatic heterocycles. The summed E-state index contributed by atoms with van der Waals surface area (Å²) in [6.45, 7) is 3.46. The quantitative estimate of drug-likeness (QED) is 0.819. The second-order valence-corrected chi connectivity index (χ2v) is 4.62. The number of carbonyl (C=O) groups excluding carboxylic acids is 1. The van der Waals surface area contributed by atoms with Gasteiger partial charge >= 0.3 is 0 Å². The van der Waals surface area contributed by atoms with Crippen molar-refractivity contribution in [3.05, 3.63) is 53.3 Å². The number of hydrogen-bond donors (Lipinski definition) is 2. The molecule has 108 valence electrons. The third-order valence-corrected chi connectivity index (χ3v) is 2.85. The van der Waals surface area contributed by atoms with Gasteiger partial charge in [-0.15, -0.1) is 0 Å². The molecule has 1 heterocycles. The van der Waals surface area contributed by atoms with Gasteiger partial charge in [0, 0.05) is 23.9 Å². The molecule has 5 heteroatoms. The van der Waals surface area contributed by atoms with E-state index in [4.69, 9.17) is 5.73 Å². The van der Waals surface area contributed by atoms with Crippen molar-refractivity contribution in [2.75, 3.05) is 13.1 Å². The van der Waals surface area contributed by atoms with Crippen molar-refractivity contribution in [1.29, 1.82) is 0 Å². The van der Waals surface area contributed by atoms with E-state index in [9.17, 15) is 4.79 Å². The van der Waals surface area contributed by atoms with E-state index in [1.54, 1.807) is 23.0 Å². The predicted octanol–water partition coefficient (Wildman–Crippen LogP) is 0.932. The normalized spacial score (nSPS) is 9.81. The number of amides is 1. The second-order valence-electron chi connectivity index (χ2n) is 4.62. The lowest BCUT2D eigenvalue weighted by molar-refractivity contribution is 0.0952. The zero-order valence-electron chi connectivity index (χ0n) is 12.0. The first-order chi connectivity index (χ1) is 10.2. The lowest BCUT2D eigenvalue weighted by Gasteiger charge is -2.06. The van der Waals surface area contributed by atoms with Crippen LogP contribution in [0, 0.1) is 18.8 Å². The lowest BCUT2D eigenvalue weighted by atomic mass is 10.1. The van der Waals surface area contributed by atoms with Crippen LogP contribution in [0.25, 0.3) is 0 Å². The fourth-order valence-electron chi connectivity index (χ4n) is 1.87. The molecule has 0 aliphatic carbocycles. The molecule has 0 saturated carbocycles. The minimum atomic E-state index is -0.115. The van der Waals surface area contributed by atoms with E-state index < -0.39 is 0 Å². The number of nitrogens with one attached hydrogen (secondary N) is 1. The third-order valence-electron chi connectivity index (χ3n) is 2.85. The summed E-state index contributed by atoms with van der Waals surface area (Å²) in [5.74, 6) is 5.57. The SMILES string of the molecule is Cc1cnn(CCNC(=O)c2cccc(C#CCN)c2)c1. The average Bonchev–Trinajstić information content (AvgIpc) is 2.91. The van der Waals surface area contributed by atoms with Gasteiger partial charge in [0.05, 0.1) is 19.3 Å². The van der Waals surface area contributed by atoms with Crippen molar-refractivity contribution in [1.82, 2.24) is 15.1 Å². The summed E-state index contributed by atoms with van der Waals surface area (Å²) in [7, 11) is 0. The first kappa shape index (κ1) is 14.8. The van der Waals surface area contributed by atoms with E-state index in [0.717, 1.165) is 11.1 Å². The van der Waals surface area contributed by atoms with E-state index in [1.807, 2.05) is 25.3 Å². The van der Waals surface area contributed by atoms with Crippen molar-refractivity contribution in [3.8, 4) is 11.8 Å². The number of aryl methyl sites for hydroxylation is 1. The van der Waals surface area contributed by atoms with Crippen LogP contribution in [-0.2, 0) is 6.54 Å². The highest BCUT2D eigenvalue weighted by molar-refractivity contribution is 5.94. The summed E-state index contributed by atoms with van der Waals surface area (Å²) in [4.78, 5) is 12.1. The van der Waals surface area contributed by atoms with Crippen LogP contribution in [0.2, 0.25) is 0 Å². The summed E-state index contributed by atoms with van der Waals surface area (Å²) in [5, 5.41) is 7.04. The van der Waals surface area contributed by atoms with E-state index in [0.29, 0.717) is 25.2 Å². The molecule has 0 aliphatic rings. The van der Waals surface area contributed by atoms with Gasteiger partial charge in [0.2, 0.25) is 0 Å². The highest BCUT2D eigenvalue weighted by Gasteiger charge is 2.05. The highest BCUT2D eigenvalue weighted by Crippen LogP contribution is 2.04. The number of rotatable bonds is 4. The molecular formula is C16H18N4O. The largest absolute Gasteiger partial charge is 0.350 e. The number of nitrogens with two attached hydrogens (primary N) is 1. The Morgan fingerprint density at radius 3 is 3.05 bits per heavy atom. The molecule has 0 saturated heterocycles. The van der Waals surface area contributed by atoms with Gasteiger partial charge in [-0.05, 0) is 30.7 Å². The molecule has 21 heavy (non-hydrogen) atoms. The fraction of sp³-hybridized carbons (Fsp3) is 0.250. The van der Waals surface area contributed by atoms with Gasteiger partial charge in [0.25, 0.3) is 5.91 Å². The number of carbonyl (C=O) groups is 1. The second kappa shape index (κ2) is 7.27. The number of benzene rings is 1. The van der Waals surface area contributed by atoms with E-state index in [2.05, 4.69) is 22.3 Å². The first-order valence-corrected chi connectivity index (χ1v) is 6.75. The van der Waals surface area contributed by atoms with Crippen molar-refractivity contribution >= 4 is 5.91 Å². The van der Waals surface area contributed by atoms with E-state index >= 15 is 0 Å². The van der Waals surface area contributed by atoms with Crippen LogP contribution < -0.4 is 11.1 Å². The van der Waals surface area contributed by atoms with Crippen LogP contribution >= 0.6 is 0 Å². The molecule has 5 nitrogen and oxygen atoms in total. The topological polar surface area (TPSA) is 72.9 Å². The molecule has 1 aromatic carbocycles. The zero-order chi connectivity index (χ0) is 15.1. The number of nitrogens with zero attached hydrogens (tertiary/aromatic N) is 2. The molecule has 0 spiro atoms. The predicted molar refractivity (Wildman–Crippen MR) is 81.7 cm³/mol. The number of aromatic nitrogens is 2. The average molecular weight is 282 g/mol. The van der Waals surface area contributed by atoms with Crippen LogP contribution in [0.5, 0.6) is 0 Å². The molecular weight excluding hydrogens is 264 g/mol. The van der Waals surface area contributed by atoms with Gasteiger partial charge in [0.15, 0.2) is 0 Å². The van der Waals surface area contributed by atoms with Gasteiger partial charge < -0.3 is 11.1 Å². The molecule has 3 N–H and O–H groups in total. The van der Waals surface area contributed by atoms with Gasteiger partial charge in [-0.1, -0.05) is 17.9 Å². The molecule has 1 amide bonds. The van der Waals surface area contributed by atoms with Crippen molar-refractivity contribution in [3.63, 3.8) is 0 Å². The summed E-state index contributed by atoms with van der Waals surface area (Å²) in [6, 6.07) is 7.19. The number of hydrogen-bond acceptors (Lipinski definition) is 3. The maximum atomic E-state index is 12.1. The molecule has 0 aliphatic heterocycles. The smallest absolute Gasteiger partial charge is 0.251 e. The van der Waals surface area contributed by atoms with Crippen molar-refractivity contribution in [2.45, 2.75) is 13.5 Å². The molecule has 0 radical (unpaired) electrons. The van der Waals surface area contributed by atoms with Crippen LogP contribution in [-0.4, -0.2) is 28.8 Å². The summed E-state index contributed by atoms with van der Waals surface area (Å²) in [5.41, 5.74) is 7.82. The van der Waals surface area contributed by atoms with Crippen molar-refractivity contribution < 1.29 is 4.79 Å². The minimum absolute atomic E-state index is 0.115. The summed E-state index contributed by atoms with van der Waals surface area (Å²) >= 11 is 0. The molecule has 0 atom stereocenters. The lowest BCUT2D eigenvalue weighted by Crippen LogP contribution is -2.27. The molecule has 2 rings (SSSR count). The Kier molecular flexibility index (Phi) is 5.13. The van der Waals surface area contributed by atoms with Crippen LogP contribution in [0.3, 0.4) is 0 Å². The van der Waals surface area contributed by atoms with Gasteiger partial charge in [-0.3, -0.25) is 9.48 Å². The first-order valence-electron chi connectivity index (χ1n) is 6.75. The molecule has 2 aromatic rings. The van der Waals surface area contributed by atoms with Gasteiger partial charge in [-0.2, -0.15) is 5.10 Å². The Morgan fingerprint density at radius 1 is 1.48 bits per heavy atom. The van der Waals surface area contributed by atoms with Crippen LogP contribution in [0.1, 0.15) is 21.5 Å². The third kappa shape index (κ3) is 4.48. The minimum Gasteiger partial charge on any atom is -0.350 e. The highest BCUT2D eigenvalue weighted by atomic mass is 16.1. The summed E-state index contributed by atoms with van der Waals surface area (Å²) < 4.78 is 1.80. The fourth-order valence-corrected chi connectivity index (χ4v) is 1.87.